The van der Waals surface area contributed by atoms with E-state index < -0.39 is 11.6 Å². The zero-order valence-corrected chi connectivity index (χ0v) is 8.89. The van der Waals surface area contributed by atoms with Crippen LogP contribution in [-0.2, 0) is 0 Å². The minimum atomic E-state index is -0.794. The molecule has 1 aromatic rings. The summed E-state index contributed by atoms with van der Waals surface area (Å²) in [5.41, 5.74) is 1.36. The van der Waals surface area contributed by atoms with Crippen LogP contribution in [0, 0.1) is 17.6 Å². The molecule has 3 rings (SSSR count). The van der Waals surface area contributed by atoms with Gasteiger partial charge in [0.2, 0.25) is 0 Å². The van der Waals surface area contributed by atoms with Gasteiger partial charge in [0, 0.05) is 24.7 Å². The predicted molar refractivity (Wildman–Crippen MR) is 59.6 cm³/mol. The Balaban J connectivity index is 1.92. The lowest BCUT2D eigenvalue weighted by atomic mass is 10.1. The molecular weight excluding hydrogens is 210 g/mol. The first-order chi connectivity index (χ1) is 7.74. The van der Waals surface area contributed by atoms with Gasteiger partial charge in [0.25, 0.3) is 0 Å². The predicted octanol–water partition coefficient (Wildman–Crippen LogP) is 2.97. The van der Waals surface area contributed by atoms with Gasteiger partial charge in [0.1, 0.15) is 0 Å². The van der Waals surface area contributed by atoms with E-state index in [0.717, 1.165) is 13.0 Å². The maximum atomic E-state index is 13.1. The van der Waals surface area contributed by atoms with Gasteiger partial charge in [-0.1, -0.05) is 0 Å². The number of hydrogen-bond donors (Lipinski definition) is 2. The minimum absolute atomic E-state index is 0.401. The van der Waals surface area contributed by atoms with Crippen molar-refractivity contribution in [3.05, 3.63) is 23.8 Å². The molecule has 2 aliphatic rings. The van der Waals surface area contributed by atoms with Crippen LogP contribution < -0.4 is 10.6 Å². The van der Waals surface area contributed by atoms with Crippen molar-refractivity contribution in [1.82, 2.24) is 0 Å². The van der Waals surface area contributed by atoms with Crippen LogP contribution in [0.25, 0.3) is 0 Å². The van der Waals surface area contributed by atoms with Gasteiger partial charge < -0.3 is 10.6 Å². The van der Waals surface area contributed by atoms with Crippen LogP contribution in [0.15, 0.2) is 12.1 Å². The summed E-state index contributed by atoms with van der Waals surface area (Å²) >= 11 is 0. The topological polar surface area (TPSA) is 24.1 Å². The summed E-state index contributed by atoms with van der Waals surface area (Å²) in [5.74, 6) is -0.872. The third-order valence-corrected chi connectivity index (χ3v) is 3.36. The highest BCUT2D eigenvalue weighted by Gasteiger charge is 2.32. The van der Waals surface area contributed by atoms with Gasteiger partial charge in [-0.15, -0.1) is 0 Å². The van der Waals surface area contributed by atoms with Crippen LogP contribution >= 0.6 is 0 Å². The second kappa shape index (κ2) is 3.61. The molecule has 1 heterocycles. The number of halogens is 2. The van der Waals surface area contributed by atoms with Crippen molar-refractivity contribution < 1.29 is 8.78 Å². The van der Waals surface area contributed by atoms with Crippen molar-refractivity contribution in [2.75, 3.05) is 17.2 Å². The molecule has 1 aliphatic carbocycles. The first-order valence-corrected chi connectivity index (χ1v) is 5.73. The molecule has 86 valence electrons. The van der Waals surface area contributed by atoms with Gasteiger partial charge in [-0.05, 0) is 25.2 Å². The summed E-state index contributed by atoms with van der Waals surface area (Å²) < 4.78 is 26.2. The maximum Gasteiger partial charge on any atom is 0.161 e. The Kier molecular flexibility index (Phi) is 2.23. The zero-order valence-electron chi connectivity index (χ0n) is 8.89. The Bertz CT molecular complexity index is 416. The van der Waals surface area contributed by atoms with Gasteiger partial charge in [0.05, 0.1) is 11.4 Å². The van der Waals surface area contributed by atoms with E-state index in [9.17, 15) is 8.78 Å². The summed E-state index contributed by atoms with van der Waals surface area (Å²) in [6, 6.07) is 2.88. The molecule has 2 nitrogen and oxygen atoms in total. The lowest BCUT2D eigenvalue weighted by molar-refractivity contribution is 0.509. The molecule has 1 atom stereocenters. The molecule has 0 saturated heterocycles. The van der Waals surface area contributed by atoms with E-state index in [-0.39, 0.29) is 0 Å². The lowest BCUT2D eigenvalue weighted by Crippen LogP contribution is -2.21. The number of fused-ring (bicyclic) bond motifs is 1. The van der Waals surface area contributed by atoms with Crippen molar-refractivity contribution in [3.63, 3.8) is 0 Å². The van der Waals surface area contributed by atoms with Crippen LogP contribution in [0.1, 0.15) is 19.3 Å². The molecule has 1 unspecified atom stereocenters. The summed E-state index contributed by atoms with van der Waals surface area (Å²) in [6.07, 6.45) is 3.50. The van der Waals surface area contributed by atoms with Gasteiger partial charge in [0.15, 0.2) is 11.6 Å². The molecule has 2 N–H and O–H groups in total. The first kappa shape index (κ1) is 9.87. The smallest absolute Gasteiger partial charge is 0.161 e. The molecule has 4 heteroatoms. The van der Waals surface area contributed by atoms with Crippen LogP contribution in [-0.4, -0.2) is 12.6 Å². The largest absolute Gasteiger partial charge is 0.383 e. The highest BCUT2D eigenvalue weighted by atomic mass is 19.2. The monoisotopic (exact) mass is 224 g/mol. The highest BCUT2D eigenvalue weighted by Crippen LogP contribution is 2.38. The molecule has 0 spiro atoms. The van der Waals surface area contributed by atoms with Gasteiger partial charge >= 0.3 is 0 Å². The second-order valence-electron chi connectivity index (χ2n) is 4.62. The number of anilines is 2. The van der Waals surface area contributed by atoms with E-state index in [1.54, 1.807) is 0 Å². The highest BCUT2D eigenvalue weighted by molar-refractivity contribution is 5.70. The van der Waals surface area contributed by atoms with E-state index in [4.69, 9.17) is 0 Å². The molecule has 1 saturated carbocycles. The van der Waals surface area contributed by atoms with Gasteiger partial charge in [-0.25, -0.2) is 8.78 Å². The number of nitrogens with one attached hydrogen (secondary N) is 2. The van der Waals surface area contributed by atoms with Gasteiger partial charge in [-0.2, -0.15) is 0 Å². The molecule has 0 bridgehead atoms. The van der Waals surface area contributed by atoms with Crippen LogP contribution in [0.4, 0.5) is 20.2 Å². The third-order valence-electron chi connectivity index (χ3n) is 3.36. The van der Waals surface area contributed by atoms with Crippen molar-refractivity contribution in [1.29, 1.82) is 0 Å². The average molecular weight is 224 g/mol. The van der Waals surface area contributed by atoms with E-state index in [1.807, 2.05) is 0 Å². The fourth-order valence-electron chi connectivity index (χ4n) is 2.30. The van der Waals surface area contributed by atoms with E-state index in [1.165, 1.54) is 25.0 Å². The molecule has 1 aromatic carbocycles. The third kappa shape index (κ3) is 1.72. The van der Waals surface area contributed by atoms with Crippen LogP contribution in [0.5, 0.6) is 0 Å². The Labute approximate surface area is 93.0 Å². The quantitative estimate of drug-likeness (QED) is 0.766. The molecule has 1 fully saturated rings. The van der Waals surface area contributed by atoms with Gasteiger partial charge in [-0.3, -0.25) is 0 Å². The van der Waals surface area contributed by atoms with Crippen molar-refractivity contribution in [2.45, 2.75) is 25.3 Å². The summed E-state index contributed by atoms with van der Waals surface area (Å²) in [5, 5.41) is 6.46. The Morgan fingerprint density at radius 3 is 2.38 bits per heavy atom. The summed E-state index contributed by atoms with van der Waals surface area (Å²) in [6.45, 7) is 0.812. The Morgan fingerprint density at radius 1 is 1.00 bits per heavy atom. The average Bonchev–Trinajstić information content (AvgIpc) is 3.04. The zero-order chi connectivity index (χ0) is 11.1. The Morgan fingerprint density at radius 2 is 1.69 bits per heavy atom. The fraction of sp³-hybridized carbons (Fsp3) is 0.500. The minimum Gasteiger partial charge on any atom is -0.383 e. The molecule has 1 aliphatic heterocycles. The summed E-state index contributed by atoms with van der Waals surface area (Å²) in [7, 11) is 0. The Hall–Kier alpha value is -1.32. The van der Waals surface area contributed by atoms with Crippen LogP contribution in [0.3, 0.4) is 0 Å². The molecule has 16 heavy (non-hydrogen) atoms. The standard InChI is InChI=1S/C12H14F2N2/c13-8-5-11-12(6-9(8)14)16-10(3-4-15-11)7-1-2-7/h5-7,10,15-16H,1-4H2. The summed E-state index contributed by atoms with van der Waals surface area (Å²) in [4.78, 5) is 0. The molecular formula is C12H14F2N2. The lowest BCUT2D eigenvalue weighted by Gasteiger charge is -2.16. The molecule has 0 radical (unpaired) electrons. The second-order valence-corrected chi connectivity index (χ2v) is 4.62. The van der Waals surface area contributed by atoms with E-state index in [0.29, 0.717) is 23.3 Å². The molecule has 0 amide bonds. The normalized spacial score (nSPS) is 24.0. The SMILES string of the molecule is Fc1cc2c(cc1F)NC(C1CC1)CCN2. The number of hydrogen-bond acceptors (Lipinski definition) is 2. The van der Waals surface area contributed by atoms with E-state index in [2.05, 4.69) is 10.6 Å². The number of benzene rings is 1. The van der Waals surface area contributed by atoms with Crippen LogP contribution in [0.2, 0.25) is 0 Å². The van der Waals surface area contributed by atoms with Crippen molar-refractivity contribution in [2.24, 2.45) is 5.92 Å². The first-order valence-electron chi connectivity index (χ1n) is 5.73. The number of rotatable bonds is 1. The van der Waals surface area contributed by atoms with Crippen molar-refractivity contribution in [3.8, 4) is 0 Å². The fourth-order valence-corrected chi connectivity index (χ4v) is 2.30. The van der Waals surface area contributed by atoms with E-state index >= 15 is 0 Å². The molecule has 0 aromatic heterocycles. The maximum absolute atomic E-state index is 13.1. The van der Waals surface area contributed by atoms with Crippen molar-refractivity contribution >= 4 is 11.4 Å².